The minimum Gasteiger partial charge on any atom is -0.377 e. The molecule has 140 valence electrons. The Balaban J connectivity index is 1.42. The Bertz CT molecular complexity index is 390. The van der Waals surface area contributed by atoms with E-state index >= 15 is 0 Å². The van der Waals surface area contributed by atoms with Crippen LogP contribution in [0.3, 0.4) is 0 Å². The first-order valence-electron chi connectivity index (χ1n) is 10.1. The number of hydrogen-bond acceptors (Lipinski definition) is 4. The average molecular weight is 339 g/mol. The maximum Gasteiger partial charge on any atom is 0.0702 e. The van der Waals surface area contributed by atoms with Crippen molar-refractivity contribution in [2.45, 2.75) is 71.6 Å². The standard InChI is InChI=1S/C20H38N2O2/c1-15-13-22(14-17-6-5-10-23-17)9-7-18(15)21-12-16-8-11-24-19(16)20(2,3)4/h15-19,21H,5-14H2,1-4H3/t15-,16-,17-,18+,19+/m1/s1. The molecule has 4 heteroatoms. The van der Waals surface area contributed by atoms with E-state index in [9.17, 15) is 0 Å². The first kappa shape index (κ1) is 18.6. The first-order valence-corrected chi connectivity index (χ1v) is 10.1. The molecule has 0 amide bonds. The highest BCUT2D eigenvalue weighted by Gasteiger charge is 2.38. The molecule has 3 aliphatic heterocycles. The molecule has 0 aromatic heterocycles. The summed E-state index contributed by atoms with van der Waals surface area (Å²) in [5, 5.41) is 3.89. The Morgan fingerprint density at radius 3 is 2.58 bits per heavy atom. The van der Waals surface area contributed by atoms with Crippen molar-refractivity contribution < 1.29 is 9.47 Å². The van der Waals surface area contributed by atoms with Crippen molar-refractivity contribution in [2.75, 3.05) is 39.4 Å². The highest BCUT2D eigenvalue weighted by molar-refractivity contribution is 4.90. The van der Waals surface area contributed by atoms with Crippen LogP contribution in [0.5, 0.6) is 0 Å². The smallest absolute Gasteiger partial charge is 0.0702 e. The number of nitrogens with zero attached hydrogens (tertiary/aromatic N) is 1. The van der Waals surface area contributed by atoms with Gasteiger partial charge in [-0.25, -0.2) is 0 Å². The van der Waals surface area contributed by atoms with Gasteiger partial charge in [-0.2, -0.15) is 0 Å². The topological polar surface area (TPSA) is 33.7 Å². The lowest BCUT2D eigenvalue weighted by atomic mass is 9.81. The molecular formula is C20H38N2O2. The fourth-order valence-corrected chi connectivity index (χ4v) is 4.88. The lowest BCUT2D eigenvalue weighted by molar-refractivity contribution is 0.00526. The van der Waals surface area contributed by atoms with Crippen LogP contribution in [0.25, 0.3) is 0 Å². The molecule has 3 fully saturated rings. The van der Waals surface area contributed by atoms with Crippen LogP contribution in [0, 0.1) is 17.3 Å². The van der Waals surface area contributed by atoms with E-state index in [1.54, 1.807) is 0 Å². The minimum atomic E-state index is 0.249. The minimum absolute atomic E-state index is 0.249. The van der Waals surface area contributed by atoms with Crippen molar-refractivity contribution in [1.29, 1.82) is 0 Å². The van der Waals surface area contributed by atoms with Crippen molar-refractivity contribution in [3.63, 3.8) is 0 Å². The molecule has 0 aromatic rings. The summed E-state index contributed by atoms with van der Waals surface area (Å²) in [6, 6.07) is 0.659. The van der Waals surface area contributed by atoms with E-state index in [1.807, 2.05) is 0 Å². The summed E-state index contributed by atoms with van der Waals surface area (Å²) in [5.74, 6) is 1.39. The summed E-state index contributed by atoms with van der Waals surface area (Å²) < 4.78 is 11.8. The zero-order valence-electron chi connectivity index (χ0n) is 16.2. The van der Waals surface area contributed by atoms with Crippen molar-refractivity contribution in [3.8, 4) is 0 Å². The van der Waals surface area contributed by atoms with Crippen molar-refractivity contribution >= 4 is 0 Å². The van der Waals surface area contributed by atoms with Gasteiger partial charge in [0.25, 0.3) is 0 Å². The second-order valence-corrected chi connectivity index (χ2v) is 9.38. The molecule has 5 atom stereocenters. The highest BCUT2D eigenvalue weighted by Crippen LogP contribution is 2.34. The van der Waals surface area contributed by atoms with Gasteiger partial charge in [-0.05, 0) is 43.6 Å². The fraction of sp³-hybridized carbons (Fsp3) is 1.00. The third-order valence-electron chi connectivity index (χ3n) is 6.19. The van der Waals surface area contributed by atoms with E-state index in [2.05, 4.69) is 37.9 Å². The van der Waals surface area contributed by atoms with Gasteiger partial charge in [-0.1, -0.05) is 27.7 Å². The van der Waals surface area contributed by atoms with Gasteiger partial charge in [-0.15, -0.1) is 0 Å². The summed E-state index contributed by atoms with van der Waals surface area (Å²) in [5.41, 5.74) is 0.249. The molecule has 3 rings (SSSR count). The third kappa shape index (κ3) is 4.72. The van der Waals surface area contributed by atoms with Crippen LogP contribution in [-0.2, 0) is 9.47 Å². The Labute approximate surface area is 148 Å². The SMILES string of the molecule is C[C@@H]1CN(C[C@H]2CCCO2)CC[C@@H]1NC[C@H]1CCO[C@@H]1C(C)(C)C. The molecule has 0 unspecified atom stereocenters. The molecule has 0 radical (unpaired) electrons. The number of nitrogens with one attached hydrogen (secondary N) is 1. The number of ether oxygens (including phenoxy) is 2. The molecule has 3 saturated heterocycles. The molecule has 0 aromatic carbocycles. The molecule has 3 aliphatic rings. The van der Waals surface area contributed by atoms with E-state index in [1.165, 1.54) is 38.8 Å². The van der Waals surface area contributed by atoms with Gasteiger partial charge in [0.05, 0.1) is 12.2 Å². The maximum atomic E-state index is 6.03. The van der Waals surface area contributed by atoms with Crippen LogP contribution < -0.4 is 5.32 Å². The van der Waals surface area contributed by atoms with E-state index in [4.69, 9.17) is 9.47 Å². The van der Waals surface area contributed by atoms with Gasteiger partial charge in [0.15, 0.2) is 0 Å². The van der Waals surface area contributed by atoms with Crippen LogP contribution in [0.2, 0.25) is 0 Å². The van der Waals surface area contributed by atoms with Crippen LogP contribution >= 0.6 is 0 Å². The summed E-state index contributed by atoms with van der Waals surface area (Å²) in [6.07, 6.45) is 5.87. The van der Waals surface area contributed by atoms with E-state index in [-0.39, 0.29) is 5.41 Å². The first-order chi connectivity index (χ1) is 11.4. The van der Waals surface area contributed by atoms with Crippen LogP contribution in [0.15, 0.2) is 0 Å². The summed E-state index contributed by atoms with van der Waals surface area (Å²) in [4.78, 5) is 2.62. The zero-order chi connectivity index (χ0) is 17.2. The molecular weight excluding hydrogens is 300 g/mol. The molecule has 4 nitrogen and oxygen atoms in total. The number of rotatable bonds is 5. The Morgan fingerprint density at radius 2 is 1.92 bits per heavy atom. The largest absolute Gasteiger partial charge is 0.377 e. The normalized spacial score (nSPS) is 38.8. The molecule has 0 aliphatic carbocycles. The van der Waals surface area contributed by atoms with E-state index in [0.29, 0.717) is 24.2 Å². The van der Waals surface area contributed by atoms with Gasteiger partial charge >= 0.3 is 0 Å². The predicted molar refractivity (Wildman–Crippen MR) is 98.3 cm³/mol. The van der Waals surface area contributed by atoms with E-state index < -0.39 is 0 Å². The van der Waals surface area contributed by atoms with Crippen LogP contribution in [-0.4, -0.2) is 62.5 Å². The second-order valence-electron chi connectivity index (χ2n) is 9.38. The molecule has 3 heterocycles. The zero-order valence-corrected chi connectivity index (χ0v) is 16.2. The Kier molecular flexibility index (Phi) is 6.23. The molecule has 0 spiro atoms. The van der Waals surface area contributed by atoms with Gasteiger partial charge in [-0.3, -0.25) is 0 Å². The number of piperidine rings is 1. The number of hydrogen-bond donors (Lipinski definition) is 1. The van der Waals surface area contributed by atoms with Crippen molar-refractivity contribution in [3.05, 3.63) is 0 Å². The monoisotopic (exact) mass is 338 g/mol. The lowest BCUT2D eigenvalue weighted by Gasteiger charge is -2.39. The lowest BCUT2D eigenvalue weighted by Crippen LogP contribution is -2.51. The quantitative estimate of drug-likeness (QED) is 0.836. The summed E-state index contributed by atoms with van der Waals surface area (Å²) in [6.45, 7) is 15.9. The predicted octanol–water partition coefficient (Wildman–Crippen LogP) is 2.92. The van der Waals surface area contributed by atoms with Gasteiger partial charge < -0.3 is 19.7 Å². The van der Waals surface area contributed by atoms with E-state index in [0.717, 1.165) is 32.2 Å². The van der Waals surface area contributed by atoms with Crippen LogP contribution in [0.1, 0.15) is 53.4 Å². The second kappa shape index (κ2) is 8.03. The Hall–Kier alpha value is -0.160. The van der Waals surface area contributed by atoms with Gasteiger partial charge in [0.1, 0.15) is 0 Å². The average Bonchev–Trinajstić information content (AvgIpc) is 3.17. The maximum absolute atomic E-state index is 6.03. The molecule has 1 N–H and O–H groups in total. The summed E-state index contributed by atoms with van der Waals surface area (Å²) in [7, 11) is 0. The van der Waals surface area contributed by atoms with Gasteiger partial charge in [0, 0.05) is 44.8 Å². The highest BCUT2D eigenvalue weighted by atomic mass is 16.5. The van der Waals surface area contributed by atoms with Gasteiger partial charge in [0.2, 0.25) is 0 Å². The Morgan fingerprint density at radius 1 is 1.08 bits per heavy atom. The molecule has 0 bridgehead atoms. The molecule has 24 heavy (non-hydrogen) atoms. The number of likely N-dealkylation sites (tertiary alicyclic amines) is 1. The van der Waals surface area contributed by atoms with Crippen LogP contribution in [0.4, 0.5) is 0 Å². The molecule has 0 saturated carbocycles. The summed E-state index contributed by atoms with van der Waals surface area (Å²) >= 11 is 0. The van der Waals surface area contributed by atoms with Crippen molar-refractivity contribution in [2.24, 2.45) is 17.3 Å². The van der Waals surface area contributed by atoms with Crippen molar-refractivity contribution in [1.82, 2.24) is 10.2 Å². The fourth-order valence-electron chi connectivity index (χ4n) is 4.88. The third-order valence-corrected chi connectivity index (χ3v) is 6.19.